The van der Waals surface area contributed by atoms with Crippen molar-refractivity contribution in [2.75, 3.05) is 18.0 Å². The van der Waals surface area contributed by atoms with Gasteiger partial charge in [0, 0.05) is 42.3 Å². The monoisotopic (exact) mass is 414 g/mol. The van der Waals surface area contributed by atoms with Crippen LogP contribution in [-0.4, -0.2) is 34.9 Å². The maximum Gasteiger partial charge on any atom is 0.227 e. The van der Waals surface area contributed by atoms with Gasteiger partial charge in [-0.15, -0.1) is 11.3 Å². The van der Waals surface area contributed by atoms with Crippen LogP contribution in [0.2, 0.25) is 5.02 Å². The molecule has 1 unspecified atom stereocenters. The standard InChI is InChI=1S/C20H19ClN4O2S/c21-14-3-5-15(6-4-14)25-11-13(10-18(25)26)20(27)22-8-7-16-19(24-12-23-16)17-2-1-9-28-17/h1-6,9,12-13H,7-8,10-11H2,(H,22,27)(H,23,24). The lowest BCUT2D eigenvalue weighted by Crippen LogP contribution is -2.34. The van der Waals surface area contributed by atoms with Gasteiger partial charge in [0.15, 0.2) is 0 Å². The van der Waals surface area contributed by atoms with Crippen LogP contribution in [0, 0.1) is 5.92 Å². The van der Waals surface area contributed by atoms with Crippen LogP contribution in [0.15, 0.2) is 48.1 Å². The Balaban J connectivity index is 1.32. The number of H-pyrrole nitrogens is 1. The van der Waals surface area contributed by atoms with E-state index < -0.39 is 0 Å². The van der Waals surface area contributed by atoms with E-state index in [4.69, 9.17) is 11.6 Å². The molecule has 0 aliphatic carbocycles. The number of rotatable bonds is 6. The number of carbonyl (C=O) groups is 2. The fourth-order valence-electron chi connectivity index (χ4n) is 3.35. The molecular formula is C20H19ClN4O2S. The summed E-state index contributed by atoms with van der Waals surface area (Å²) in [6, 6.07) is 11.1. The lowest BCUT2D eigenvalue weighted by atomic mass is 10.1. The summed E-state index contributed by atoms with van der Waals surface area (Å²) in [4.78, 5) is 35.1. The van der Waals surface area contributed by atoms with Crippen LogP contribution in [0.25, 0.3) is 10.6 Å². The first kappa shape index (κ1) is 18.7. The van der Waals surface area contributed by atoms with Gasteiger partial charge in [-0.25, -0.2) is 4.98 Å². The Labute approximate surface area is 171 Å². The van der Waals surface area contributed by atoms with Gasteiger partial charge in [-0.05, 0) is 35.7 Å². The minimum Gasteiger partial charge on any atom is -0.355 e. The van der Waals surface area contributed by atoms with Gasteiger partial charge in [-0.2, -0.15) is 0 Å². The molecule has 0 bridgehead atoms. The second-order valence-electron chi connectivity index (χ2n) is 6.63. The SMILES string of the molecule is O=C(NCCc1[nH]cnc1-c1cccs1)C1CC(=O)N(c2ccc(Cl)cc2)C1. The van der Waals surface area contributed by atoms with Crippen molar-refractivity contribution < 1.29 is 9.59 Å². The molecule has 0 radical (unpaired) electrons. The maximum atomic E-state index is 12.5. The average Bonchev–Trinajstić information content (AvgIpc) is 3.42. The molecule has 2 amide bonds. The Morgan fingerprint density at radius 3 is 2.89 bits per heavy atom. The van der Waals surface area contributed by atoms with Crippen molar-refractivity contribution in [1.29, 1.82) is 0 Å². The lowest BCUT2D eigenvalue weighted by Gasteiger charge is -2.16. The minimum atomic E-state index is -0.346. The van der Waals surface area contributed by atoms with Crippen molar-refractivity contribution in [3.63, 3.8) is 0 Å². The van der Waals surface area contributed by atoms with Gasteiger partial charge in [0.2, 0.25) is 11.8 Å². The number of nitrogens with zero attached hydrogens (tertiary/aromatic N) is 2. The molecule has 1 aromatic carbocycles. The Kier molecular flexibility index (Phi) is 5.45. The first-order valence-electron chi connectivity index (χ1n) is 9.01. The number of aromatic amines is 1. The molecule has 1 atom stereocenters. The summed E-state index contributed by atoms with van der Waals surface area (Å²) in [5.41, 5.74) is 2.69. The van der Waals surface area contributed by atoms with Crippen molar-refractivity contribution >= 4 is 40.4 Å². The molecule has 0 spiro atoms. The number of halogens is 1. The van der Waals surface area contributed by atoms with Gasteiger partial charge in [-0.3, -0.25) is 9.59 Å². The van der Waals surface area contributed by atoms with E-state index in [-0.39, 0.29) is 24.2 Å². The summed E-state index contributed by atoms with van der Waals surface area (Å²) in [7, 11) is 0. The zero-order valence-corrected chi connectivity index (χ0v) is 16.6. The van der Waals surface area contributed by atoms with Crippen LogP contribution >= 0.6 is 22.9 Å². The van der Waals surface area contributed by atoms with Gasteiger partial charge < -0.3 is 15.2 Å². The fourth-order valence-corrected chi connectivity index (χ4v) is 4.22. The highest BCUT2D eigenvalue weighted by atomic mass is 35.5. The molecule has 1 aliphatic rings. The predicted octanol–water partition coefficient (Wildman–Crippen LogP) is 3.50. The van der Waals surface area contributed by atoms with Crippen LogP contribution < -0.4 is 10.2 Å². The van der Waals surface area contributed by atoms with E-state index in [0.29, 0.717) is 24.5 Å². The molecule has 8 heteroatoms. The van der Waals surface area contributed by atoms with Crippen molar-refractivity contribution in [2.45, 2.75) is 12.8 Å². The maximum absolute atomic E-state index is 12.5. The lowest BCUT2D eigenvalue weighted by molar-refractivity contribution is -0.126. The smallest absolute Gasteiger partial charge is 0.227 e. The second kappa shape index (κ2) is 8.16. The van der Waals surface area contributed by atoms with Gasteiger partial charge >= 0.3 is 0 Å². The summed E-state index contributed by atoms with van der Waals surface area (Å²) < 4.78 is 0. The molecule has 0 saturated carbocycles. The predicted molar refractivity (Wildman–Crippen MR) is 111 cm³/mol. The first-order valence-corrected chi connectivity index (χ1v) is 10.3. The number of anilines is 1. The first-order chi connectivity index (χ1) is 13.6. The number of nitrogens with one attached hydrogen (secondary N) is 2. The molecule has 1 fully saturated rings. The normalized spacial score (nSPS) is 16.5. The Morgan fingerprint density at radius 1 is 1.32 bits per heavy atom. The molecule has 1 saturated heterocycles. The van der Waals surface area contributed by atoms with E-state index >= 15 is 0 Å². The van der Waals surface area contributed by atoms with Crippen molar-refractivity contribution in [3.8, 4) is 10.6 Å². The van der Waals surface area contributed by atoms with Crippen LogP contribution in [0.1, 0.15) is 12.1 Å². The zero-order chi connectivity index (χ0) is 19.5. The van der Waals surface area contributed by atoms with Crippen LogP contribution in [0.3, 0.4) is 0 Å². The molecule has 3 aromatic rings. The van der Waals surface area contributed by atoms with E-state index in [1.807, 2.05) is 17.5 Å². The van der Waals surface area contributed by atoms with Crippen LogP contribution in [0.4, 0.5) is 5.69 Å². The third kappa shape index (κ3) is 3.95. The Morgan fingerprint density at radius 2 is 2.14 bits per heavy atom. The quantitative estimate of drug-likeness (QED) is 0.648. The second-order valence-corrected chi connectivity index (χ2v) is 8.01. The molecule has 3 heterocycles. The van der Waals surface area contributed by atoms with Crippen LogP contribution in [0.5, 0.6) is 0 Å². The molecule has 2 aromatic heterocycles. The van der Waals surface area contributed by atoms with Gasteiger partial charge in [0.25, 0.3) is 0 Å². The topological polar surface area (TPSA) is 78.1 Å². The van der Waals surface area contributed by atoms with E-state index in [1.54, 1.807) is 46.8 Å². The highest BCUT2D eigenvalue weighted by molar-refractivity contribution is 7.13. The molecule has 1 aliphatic heterocycles. The fraction of sp³-hybridized carbons (Fsp3) is 0.250. The van der Waals surface area contributed by atoms with Gasteiger partial charge in [0.1, 0.15) is 5.69 Å². The Bertz CT molecular complexity index is 969. The molecular weight excluding hydrogens is 396 g/mol. The number of benzene rings is 1. The molecule has 6 nitrogen and oxygen atoms in total. The van der Waals surface area contributed by atoms with Gasteiger partial charge in [-0.1, -0.05) is 17.7 Å². The van der Waals surface area contributed by atoms with Crippen molar-refractivity contribution in [3.05, 3.63) is 58.8 Å². The number of hydrogen-bond donors (Lipinski definition) is 2. The number of aromatic nitrogens is 2. The summed E-state index contributed by atoms with van der Waals surface area (Å²) in [6.45, 7) is 0.877. The van der Waals surface area contributed by atoms with E-state index in [0.717, 1.165) is 22.0 Å². The van der Waals surface area contributed by atoms with E-state index in [9.17, 15) is 9.59 Å². The van der Waals surface area contributed by atoms with Crippen LogP contribution in [-0.2, 0) is 16.0 Å². The molecule has 28 heavy (non-hydrogen) atoms. The number of thiophene rings is 1. The average molecular weight is 415 g/mol. The van der Waals surface area contributed by atoms with Gasteiger partial charge in [0.05, 0.1) is 17.1 Å². The summed E-state index contributed by atoms with van der Waals surface area (Å²) >= 11 is 7.54. The summed E-state index contributed by atoms with van der Waals surface area (Å²) in [5.74, 6) is -0.486. The summed E-state index contributed by atoms with van der Waals surface area (Å²) in [6.07, 6.45) is 2.55. The number of imidazole rings is 1. The van der Waals surface area contributed by atoms with E-state index in [2.05, 4.69) is 15.3 Å². The van der Waals surface area contributed by atoms with Crippen molar-refractivity contribution in [1.82, 2.24) is 15.3 Å². The van der Waals surface area contributed by atoms with E-state index in [1.165, 1.54) is 0 Å². The highest BCUT2D eigenvalue weighted by Gasteiger charge is 2.34. The number of hydrogen-bond acceptors (Lipinski definition) is 4. The minimum absolute atomic E-state index is 0.0454. The molecule has 144 valence electrons. The zero-order valence-electron chi connectivity index (χ0n) is 15.0. The third-order valence-electron chi connectivity index (χ3n) is 4.78. The number of amides is 2. The third-order valence-corrected chi connectivity index (χ3v) is 5.91. The highest BCUT2D eigenvalue weighted by Crippen LogP contribution is 2.27. The molecule has 2 N–H and O–H groups in total. The van der Waals surface area contributed by atoms with Crippen molar-refractivity contribution in [2.24, 2.45) is 5.92 Å². The summed E-state index contributed by atoms with van der Waals surface area (Å²) in [5, 5.41) is 5.58. The Hall–Kier alpha value is -2.64. The molecule has 4 rings (SSSR count). The largest absolute Gasteiger partial charge is 0.355 e. The number of carbonyl (C=O) groups excluding carboxylic acids is 2.